The highest BCUT2D eigenvalue weighted by Gasteiger charge is 2.27. The smallest absolute Gasteiger partial charge is 0.341 e. The Morgan fingerprint density at radius 2 is 1.85 bits per heavy atom. The Morgan fingerprint density at radius 3 is 2.62 bits per heavy atom. The number of ether oxygens (including phenoxy) is 2. The zero-order chi connectivity index (χ0) is 27.9. The lowest BCUT2D eigenvalue weighted by Crippen LogP contribution is -2.23. The molecule has 1 aromatic carbocycles. The number of thiophene rings is 1. The fraction of sp³-hybridized carbons (Fsp3) is 0.423. The molecule has 39 heavy (non-hydrogen) atoms. The number of nitrogens with one attached hydrogen (secondary N) is 1. The zero-order valence-corrected chi connectivity index (χ0v) is 24.0. The van der Waals surface area contributed by atoms with Gasteiger partial charge in [0.25, 0.3) is 5.91 Å². The number of rotatable bonds is 10. The second-order valence-corrected chi connectivity index (χ2v) is 11.7. The van der Waals surface area contributed by atoms with Crippen molar-refractivity contribution in [3.8, 4) is 0 Å². The van der Waals surface area contributed by atoms with Gasteiger partial charge in [-0.25, -0.2) is 9.18 Å². The number of anilines is 1. The predicted octanol–water partition coefficient (Wildman–Crippen LogP) is 4.32. The molecular formula is C26H28FN3O6S3. The van der Waals surface area contributed by atoms with Crippen LogP contribution in [0.25, 0.3) is 10.2 Å². The van der Waals surface area contributed by atoms with Crippen LogP contribution < -0.4 is 10.1 Å². The van der Waals surface area contributed by atoms with E-state index >= 15 is 0 Å². The quantitative estimate of drug-likeness (QED) is 0.348. The van der Waals surface area contributed by atoms with Crippen LogP contribution in [0.1, 0.15) is 47.5 Å². The minimum absolute atomic E-state index is 0.0213. The molecule has 0 fully saturated rings. The van der Waals surface area contributed by atoms with Crippen LogP contribution in [-0.4, -0.2) is 53.0 Å². The van der Waals surface area contributed by atoms with E-state index in [1.165, 1.54) is 34.1 Å². The molecule has 9 nitrogen and oxygen atoms in total. The van der Waals surface area contributed by atoms with Crippen molar-refractivity contribution < 1.29 is 33.0 Å². The standard InChI is InChI=1S/C26H28FN3O6S3/c1-3-35-22(33)12-30-17-10-9-15(27)11-19(17)39-26(30)29-21(32)14-37-13-20(31)28-24-23(25(34)36-4-2)16-7-5-6-8-18(16)38-24/h9-11H,3-8,12-14H2,1-2H3,(H,28,31). The molecule has 0 spiro atoms. The number of hydrogen-bond donors (Lipinski definition) is 1. The molecule has 0 radical (unpaired) electrons. The number of thiazole rings is 1. The summed E-state index contributed by atoms with van der Waals surface area (Å²) in [6.07, 6.45) is 3.67. The molecule has 0 saturated carbocycles. The summed E-state index contributed by atoms with van der Waals surface area (Å²) in [6, 6.07) is 4.11. The van der Waals surface area contributed by atoms with Gasteiger partial charge in [0.15, 0.2) is 4.80 Å². The van der Waals surface area contributed by atoms with E-state index in [0.29, 0.717) is 20.8 Å². The molecule has 0 unspecified atom stereocenters. The molecule has 208 valence electrons. The van der Waals surface area contributed by atoms with E-state index in [0.717, 1.165) is 59.2 Å². The molecule has 0 bridgehead atoms. The van der Waals surface area contributed by atoms with Gasteiger partial charge in [-0.15, -0.1) is 23.1 Å². The Morgan fingerprint density at radius 1 is 1.08 bits per heavy atom. The van der Waals surface area contributed by atoms with Crippen LogP contribution in [0.5, 0.6) is 0 Å². The number of fused-ring (bicyclic) bond motifs is 2. The van der Waals surface area contributed by atoms with E-state index in [9.17, 15) is 23.6 Å². The number of hydrogen-bond acceptors (Lipinski definition) is 9. The van der Waals surface area contributed by atoms with Crippen LogP contribution in [0.2, 0.25) is 0 Å². The third kappa shape index (κ3) is 7.14. The number of esters is 2. The van der Waals surface area contributed by atoms with E-state index in [2.05, 4.69) is 10.3 Å². The van der Waals surface area contributed by atoms with E-state index in [1.807, 2.05) is 0 Å². The monoisotopic (exact) mass is 593 g/mol. The zero-order valence-electron chi connectivity index (χ0n) is 21.5. The number of aryl methyl sites for hydroxylation is 1. The molecule has 2 heterocycles. The van der Waals surface area contributed by atoms with Crippen molar-refractivity contribution in [3.63, 3.8) is 0 Å². The largest absolute Gasteiger partial charge is 0.465 e. The van der Waals surface area contributed by atoms with E-state index in [4.69, 9.17) is 9.47 Å². The Bertz CT molecular complexity index is 1480. The average molecular weight is 594 g/mol. The predicted molar refractivity (Wildman–Crippen MR) is 150 cm³/mol. The van der Waals surface area contributed by atoms with Crippen molar-refractivity contribution in [1.29, 1.82) is 0 Å². The van der Waals surface area contributed by atoms with Gasteiger partial charge >= 0.3 is 11.9 Å². The summed E-state index contributed by atoms with van der Waals surface area (Å²) in [7, 11) is 0. The molecule has 13 heteroatoms. The Kier molecular flexibility index (Phi) is 9.92. The first-order valence-corrected chi connectivity index (χ1v) is 15.3. The molecule has 1 aliphatic carbocycles. The number of amides is 2. The van der Waals surface area contributed by atoms with Gasteiger partial charge in [0, 0.05) is 4.88 Å². The van der Waals surface area contributed by atoms with Crippen molar-refractivity contribution >= 4 is 73.4 Å². The van der Waals surface area contributed by atoms with E-state index in [-0.39, 0.29) is 42.0 Å². The van der Waals surface area contributed by atoms with Gasteiger partial charge in [0.05, 0.1) is 40.5 Å². The molecule has 1 N–H and O–H groups in total. The molecule has 0 atom stereocenters. The van der Waals surface area contributed by atoms with Gasteiger partial charge in [0.2, 0.25) is 5.91 Å². The number of halogens is 1. The molecule has 3 aromatic rings. The first kappa shape index (κ1) is 29.0. The second kappa shape index (κ2) is 13.4. The van der Waals surface area contributed by atoms with Gasteiger partial charge in [-0.1, -0.05) is 11.3 Å². The van der Waals surface area contributed by atoms with Crippen LogP contribution in [0.15, 0.2) is 23.2 Å². The molecule has 0 aliphatic heterocycles. The lowest BCUT2D eigenvalue weighted by molar-refractivity contribution is -0.143. The van der Waals surface area contributed by atoms with Crippen LogP contribution in [-0.2, 0) is 43.2 Å². The highest BCUT2D eigenvalue weighted by Crippen LogP contribution is 2.38. The van der Waals surface area contributed by atoms with Gasteiger partial charge in [0.1, 0.15) is 17.4 Å². The average Bonchev–Trinajstić information content (AvgIpc) is 3.41. The van der Waals surface area contributed by atoms with Crippen molar-refractivity contribution in [2.75, 3.05) is 30.0 Å². The van der Waals surface area contributed by atoms with Crippen molar-refractivity contribution in [1.82, 2.24) is 4.57 Å². The Labute approximate surface area is 236 Å². The lowest BCUT2D eigenvalue weighted by atomic mass is 9.95. The third-order valence-corrected chi connectivity index (χ3v) is 8.99. The molecule has 2 amide bonds. The van der Waals surface area contributed by atoms with Gasteiger partial charge in [-0.3, -0.25) is 14.4 Å². The van der Waals surface area contributed by atoms with Crippen LogP contribution in [0.4, 0.5) is 9.39 Å². The van der Waals surface area contributed by atoms with Crippen LogP contribution in [0, 0.1) is 5.82 Å². The highest BCUT2D eigenvalue weighted by atomic mass is 32.2. The van der Waals surface area contributed by atoms with Crippen molar-refractivity contribution in [3.05, 3.63) is 44.8 Å². The number of aromatic nitrogens is 1. The maximum absolute atomic E-state index is 13.7. The fourth-order valence-corrected chi connectivity index (χ4v) is 7.19. The number of nitrogens with zero attached hydrogens (tertiary/aromatic N) is 2. The number of thioether (sulfide) groups is 1. The number of benzene rings is 1. The maximum atomic E-state index is 13.7. The fourth-order valence-electron chi connectivity index (χ4n) is 4.23. The third-order valence-electron chi connectivity index (χ3n) is 5.82. The second-order valence-electron chi connectivity index (χ2n) is 8.57. The molecule has 1 aliphatic rings. The normalized spacial score (nSPS) is 13.3. The molecule has 0 saturated heterocycles. The van der Waals surface area contributed by atoms with Gasteiger partial charge in [-0.05, 0) is 63.3 Å². The molecule has 2 aromatic heterocycles. The summed E-state index contributed by atoms with van der Waals surface area (Å²) in [5.74, 6) is -2.33. The minimum atomic E-state index is -0.503. The SMILES string of the molecule is CCOC(=O)Cn1c(=NC(=O)CSCC(=O)Nc2sc3c(c2C(=O)OCC)CCCC3)sc2cc(F)ccc21. The summed E-state index contributed by atoms with van der Waals surface area (Å²) in [5.41, 5.74) is 1.96. The number of carbonyl (C=O) groups excluding carboxylic acids is 4. The first-order valence-electron chi connectivity index (χ1n) is 12.5. The number of carbonyl (C=O) groups is 4. The topological polar surface area (TPSA) is 116 Å². The van der Waals surface area contributed by atoms with Crippen LogP contribution in [0.3, 0.4) is 0 Å². The summed E-state index contributed by atoms with van der Waals surface area (Å²) >= 11 is 3.57. The van der Waals surface area contributed by atoms with Crippen molar-refractivity contribution in [2.24, 2.45) is 4.99 Å². The Balaban J connectivity index is 1.43. The summed E-state index contributed by atoms with van der Waals surface area (Å²) in [5, 5.41) is 3.31. The van der Waals surface area contributed by atoms with Gasteiger partial charge < -0.3 is 19.4 Å². The van der Waals surface area contributed by atoms with Gasteiger partial charge in [-0.2, -0.15) is 4.99 Å². The highest BCUT2D eigenvalue weighted by molar-refractivity contribution is 8.00. The van der Waals surface area contributed by atoms with E-state index < -0.39 is 23.7 Å². The molecular weight excluding hydrogens is 566 g/mol. The minimum Gasteiger partial charge on any atom is -0.465 e. The summed E-state index contributed by atoms with van der Waals surface area (Å²) < 4.78 is 26.0. The van der Waals surface area contributed by atoms with Crippen molar-refractivity contribution in [2.45, 2.75) is 46.1 Å². The summed E-state index contributed by atoms with van der Waals surface area (Å²) in [6.45, 7) is 3.70. The van der Waals surface area contributed by atoms with Crippen LogP contribution >= 0.6 is 34.4 Å². The molecule has 4 rings (SSSR count). The first-order chi connectivity index (χ1) is 18.8. The maximum Gasteiger partial charge on any atom is 0.341 e. The van der Waals surface area contributed by atoms with E-state index in [1.54, 1.807) is 13.8 Å². The lowest BCUT2D eigenvalue weighted by Gasteiger charge is -2.12. The Hall–Kier alpha value is -3.03. The summed E-state index contributed by atoms with van der Waals surface area (Å²) in [4.78, 5) is 55.5.